The number of anilines is 1. The summed E-state index contributed by atoms with van der Waals surface area (Å²) in [6.45, 7) is 3.74. The summed E-state index contributed by atoms with van der Waals surface area (Å²) >= 11 is 0. The summed E-state index contributed by atoms with van der Waals surface area (Å²) < 4.78 is 12.9. The van der Waals surface area contributed by atoms with Gasteiger partial charge in [-0.2, -0.15) is 5.26 Å². The molecule has 0 atom stereocenters. The van der Waals surface area contributed by atoms with Gasteiger partial charge in [0.25, 0.3) is 0 Å². The van der Waals surface area contributed by atoms with E-state index < -0.39 is 5.41 Å². The summed E-state index contributed by atoms with van der Waals surface area (Å²) in [6.07, 6.45) is 1.19. The molecule has 1 aromatic carbocycles. The fraction of sp³-hybridized carbons (Fsp3) is 0.429. The van der Waals surface area contributed by atoms with Crippen molar-refractivity contribution >= 4 is 11.6 Å². The minimum atomic E-state index is -0.903. The summed E-state index contributed by atoms with van der Waals surface area (Å²) in [6, 6.07) is 6.29. The first kappa shape index (κ1) is 12.6. The molecule has 1 N–H and O–H groups in total. The number of nitrogens with zero attached hydrogens (tertiary/aromatic N) is 1. The van der Waals surface area contributed by atoms with E-state index in [4.69, 9.17) is 5.26 Å². The molecular weight excluding hydrogens is 231 g/mol. The predicted molar refractivity (Wildman–Crippen MR) is 66.2 cm³/mol. The molecule has 0 bridgehead atoms. The molecule has 1 fully saturated rings. The van der Waals surface area contributed by atoms with Crippen LogP contribution in [0.5, 0.6) is 0 Å². The zero-order valence-corrected chi connectivity index (χ0v) is 10.5. The van der Waals surface area contributed by atoms with Gasteiger partial charge >= 0.3 is 0 Å². The van der Waals surface area contributed by atoms with Crippen LogP contribution in [0.15, 0.2) is 18.2 Å². The first-order valence-corrected chi connectivity index (χ1v) is 5.96. The van der Waals surface area contributed by atoms with Gasteiger partial charge in [-0.15, -0.1) is 0 Å². The molecule has 1 amide bonds. The first-order valence-electron chi connectivity index (χ1n) is 5.96. The average molecular weight is 246 g/mol. The number of nitriles is 1. The van der Waals surface area contributed by atoms with Crippen molar-refractivity contribution in [1.29, 1.82) is 5.26 Å². The minimum absolute atomic E-state index is 0.280. The van der Waals surface area contributed by atoms with Gasteiger partial charge in [-0.1, -0.05) is 6.92 Å². The van der Waals surface area contributed by atoms with Crippen molar-refractivity contribution in [2.75, 3.05) is 5.32 Å². The largest absolute Gasteiger partial charge is 0.324 e. The maximum atomic E-state index is 12.9. The molecule has 1 saturated carbocycles. The van der Waals surface area contributed by atoms with Gasteiger partial charge in [-0.25, -0.2) is 4.39 Å². The molecule has 4 heteroatoms. The van der Waals surface area contributed by atoms with Crippen LogP contribution in [0.25, 0.3) is 0 Å². The molecule has 1 aromatic rings. The van der Waals surface area contributed by atoms with Crippen molar-refractivity contribution in [3.8, 4) is 6.07 Å². The number of carbonyl (C=O) groups is 1. The highest BCUT2D eigenvalue weighted by Crippen LogP contribution is 2.45. The normalized spacial score (nSPS) is 26.0. The highest BCUT2D eigenvalue weighted by molar-refractivity contribution is 5.98. The topological polar surface area (TPSA) is 52.9 Å². The molecule has 18 heavy (non-hydrogen) atoms. The van der Waals surface area contributed by atoms with Gasteiger partial charge in [-0.3, -0.25) is 4.79 Å². The number of aryl methyl sites for hydroxylation is 1. The van der Waals surface area contributed by atoms with Crippen molar-refractivity contribution in [2.24, 2.45) is 11.3 Å². The zero-order valence-electron chi connectivity index (χ0n) is 10.5. The van der Waals surface area contributed by atoms with E-state index in [0.717, 1.165) is 0 Å². The Morgan fingerprint density at radius 2 is 2.22 bits per heavy atom. The molecule has 0 spiro atoms. The second-order valence-electron chi connectivity index (χ2n) is 5.12. The lowest BCUT2D eigenvalue weighted by atomic mass is 9.63. The van der Waals surface area contributed by atoms with Crippen molar-refractivity contribution in [3.05, 3.63) is 29.6 Å². The van der Waals surface area contributed by atoms with Crippen molar-refractivity contribution in [1.82, 2.24) is 0 Å². The number of rotatable bonds is 2. The summed E-state index contributed by atoms with van der Waals surface area (Å²) in [4.78, 5) is 12.1. The quantitative estimate of drug-likeness (QED) is 0.872. The Bertz CT molecular complexity index is 527. The Balaban J connectivity index is 2.15. The van der Waals surface area contributed by atoms with Crippen LogP contribution in [-0.4, -0.2) is 5.91 Å². The monoisotopic (exact) mass is 246 g/mol. The van der Waals surface area contributed by atoms with Gasteiger partial charge < -0.3 is 5.32 Å². The maximum Gasteiger partial charge on any atom is 0.244 e. The van der Waals surface area contributed by atoms with E-state index in [0.29, 0.717) is 30.0 Å². The van der Waals surface area contributed by atoms with E-state index in [-0.39, 0.29) is 11.7 Å². The zero-order chi connectivity index (χ0) is 13.3. The van der Waals surface area contributed by atoms with Crippen molar-refractivity contribution in [3.63, 3.8) is 0 Å². The van der Waals surface area contributed by atoms with Gasteiger partial charge in [0.05, 0.1) is 6.07 Å². The SMILES string of the molecule is Cc1cc(F)ccc1NC(=O)C1(C#N)CC(C)C1. The number of halogens is 1. The van der Waals surface area contributed by atoms with Crippen LogP contribution in [0.1, 0.15) is 25.3 Å². The lowest BCUT2D eigenvalue weighted by Gasteiger charge is -2.39. The lowest BCUT2D eigenvalue weighted by molar-refractivity contribution is -0.128. The number of benzene rings is 1. The molecule has 0 saturated heterocycles. The number of amides is 1. The van der Waals surface area contributed by atoms with Crippen LogP contribution in [0.3, 0.4) is 0 Å². The third-order valence-corrected chi connectivity index (χ3v) is 3.48. The van der Waals surface area contributed by atoms with E-state index in [2.05, 4.69) is 11.4 Å². The smallest absolute Gasteiger partial charge is 0.244 e. The second kappa shape index (κ2) is 4.41. The first-order chi connectivity index (χ1) is 8.47. The molecule has 0 aliphatic heterocycles. The molecule has 1 aliphatic rings. The average Bonchev–Trinajstić information content (AvgIpc) is 2.28. The summed E-state index contributed by atoms with van der Waals surface area (Å²) in [5.74, 6) is -0.208. The van der Waals surface area contributed by atoms with E-state index >= 15 is 0 Å². The fourth-order valence-electron chi connectivity index (χ4n) is 2.47. The van der Waals surface area contributed by atoms with Crippen LogP contribution in [0.2, 0.25) is 0 Å². The molecule has 1 aliphatic carbocycles. The van der Waals surface area contributed by atoms with E-state index in [1.807, 2.05) is 6.92 Å². The number of hydrogen-bond acceptors (Lipinski definition) is 2. The van der Waals surface area contributed by atoms with Crippen LogP contribution >= 0.6 is 0 Å². The van der Waals surface area contributed by atoms with Crippen LogP contribution in [0.4, 0.5) is 10.1 Å². The van der Waals surface area contributed by atoms with Gasteiger partial charge in [0.15, 0.2) is 0 Å². The molecule has 0 heterocycles. The van der Waals surface area contributed by atoms with Crippen molar-refractivity contribution < 1.29 is 9.18 Å². The summed E-state index contributed by atoms with van der Waals surface area (Å²) in [5.41, 5.74) is 0.319. The van der Waals surface area contributed by atoms with Crippen molar-refractivity contribution in [2.45, 2.75) is 26.7 Å². The molecule has 0 aromatic heterocycles. The summed E-state index contributed by atoms with van der Waals surface area (Å²) in [5, 5.41) is 11.9. The van der Waals surface area contributed by atoms with Gasteiger partial charge in [0, 0.05) is 5.69 Å². The van der Waals surface area contributed by atoms with E-state index in [9.17, 15) is 9.18 Å². The second-order valence-corrected chi connectivity index (χ2v) is 5.12. The Labute approximate surface area is 106 Å². The molecule has 0 radical (unpaired) electrons. The van der Waals surface area contributed by atoms with Gasteiger partial charge in [-0.05, 0) is 49.4 Å². The number of carbonyl (C=O) groups excluding carboxylic acids is 1. The Hall–Kier alpha value is -1.89. The van der Waals surface area contributed by atoms with Gasteiger partial charge in [0.2, 0.25) is 5.91 Å². The Morgan fingerprint density at radius 3 is 2.72 bits per heavy atom. The van der Waals surface area contributed by atoms with Crippen LogP contribution in [-0.2, 0) is 4.79 Å². The van der Waals surface area contributed by atoms with E-state index in [1.165, 1.54) is 18.2 Å². The molecular formula is C14H15FN2O. The molecule has 0 unspecified atom stereocenters. The third-order valence-electron chi connectivity index (χ3n) is 3.48. The molecule has 3 nitrogen and oxygen atoms in total. The van der Waals surface area contributed by atoms with Gasteiger partial charge in [0.1, 0.15) is 11.2 Å². The summed E-state index contributed by atoms with van der Waals surface area (Å²) in [7, 11) is 0. The molecule has 94 valence electrons. The Morgan fingerprint density at radius 1 is 1.56 bits per heavy atom. The number of nitrogens with one attached hydrogen (secondary N) is 1. The van der Waals surface area contributed by atoms with Crippen LogP contribution < -0.4 is 5.32 Å². The Kier molecular flexibility index (Phi) is 3.08. The predicted octanol–water partition coefficient (Wildman–Crippen LogP) is 3.01. The standard InChI is InChI=1S/C14H15FN2O/c1-9-6-14(7-9,8-16)13(18)17-12-4-3-11(15)5-10(12)2/h3-5,9H,6-7H2,1-2H3,(H,17,18). The minimum Gasteiger partial charge on any atom is -0.324 e. The van der Waals surface area contributed by atoms with E-state index in [1.54, 1.807) is 6.92 Å². The highest BCUT2D eigenvalue weighted by atomic mass is 19.1. The lowest BCUT2D eigenvalue weighted by Crippen LogP contribution is -2.45. The van der Waals surface area contributed by atoms with Crippen LogP contribution in [0, 0.1) is 35.4 Å². The highest BCUT2D eigenvalue weighted by Gasteiger charge is 2.49. The third kappa shape index (κ3) is 2.08. The fourth-order valence-corrected chi connectivity index (χ4v) is 2.47. The maximum absolute atomic E-state index is 12.9. The number of hydrogen-bond donors (Lipinski definition) is 1. The molecule has 2 rings (SSSR count).